The van der Waals surface area contributed by atoms with Crippen LogP contribution in [0.15, 0.2) is 0 Å². The lowest BCUT2D eigenvalue weighted by Gasteiger charge is -2.18. The third-order valence-electron chi connectivity index (χ3n) is 3.03. The minimum absolute atomic E-state index is 0.432. The molecular formula is C14H26N4S. The molecule has 0 saturated carbocycles. The molecule has 1 atom stereocenters. The molecule has 1 rings (SSSR count). The van der Waals surface area contributed by atoms with E-state index in [2.05, 4.69) is 48.3 Å². The van der Waals surface area contributed by atoms with Crippen molar-refractivity contribution in [3.63, 3.8) is 0 Å². The Balaban J connectivity index is 2.75. The van der Waals surface area contributed by atoms with Gasteiger partial charge >= 0.3 is 0 Å². The van der Waals surface area contributed by atoms with Gasteiger partial charge in [-0.25, -0.2) is 9.97 Å². The largest absolute Gasteiger partial charge is 0.373 e. The molecule has 0 aromatic carbocycles. The number of nitrogens with zero attached hydrogens (tertiary/aromatic N) is 2. The number of nitrogens with one attached hydrogen (secondary N) is 2. The maximum Gasteiger partial charge on any atom is 0.134 e. The third-order valence-corrected chi connectivity index (χ3v) is 3.96. The number of aromatic nitrogens is 2. The summed E-state index contributed by atoms with van der Waals surface area (Å²) in [6.45, 7) is 8.54. The second kappa shape index (κ2) is 8.25. The zero-order valence-corrected chi connectivity index (χ0v) is 13.5. The molecule has 0 amide bonds. The zero-order chi connectivity index (χ0) is 14.3. The van der Waals surface area contributed by atoms with Gasteiger partial charge in [0.25, 0.3) is 0 Å². The molecule has 0 aliphatic carbocycles. The van der Waals surface area contributed by atoms with Crippen LogP contribution in [0.5, 0.6) is 0 Å². The summed E-state index contributed by atoms with van der Waals surface area (Å²) in [6.07, 6.45) is 2.00. The standard InChI is InChI=1S/C14H26N4S/c1-6-12-17-13(15-5)11(4)14(18-12)16-10(3)8-9-19-7-2/h10H,6-9H2,1-5H3,(H2,15,16,17,18). The van der Waals surface area contributed by atoms with Crippen LogP contribution in [0.25, 0.3) is 0 Å². The molecule has 0 radical (unpaired) electrons. The predicted octanol–water partition coefficient (Wildman–Crippen LogP) is 3.33. The van der Waals surface area contributed by atoms with Crippen molar-refractivity contribution in [2.75, 3.05) is 29.2 Å². The van der Waals surface area contributed by atoms with Crippen LogP contribution in [0.4, 0.5) is 11.6 Å². The van der Waals surface area contributed by atoms with E-state index in [0.29, 0.717) is 6.04 Å². The predicted molar refractivity (Wildman–Crippen MR) is 86.4 cm³/mol. The highest BCUT2D eigenvalue weighted by Crippen LogP contribution is 2.21. The van der Waals surface area contributed by atoms with Crippen molar-refractivity contribution in [2.24, 2.45) is 0 Å². The van der Waals surface area contributed by atoms with Gasteiger partial charge in [-0.15, -0.1) is 0 Å². The number of aryl methyl sites for hydroxylation is 1. The molecule has 108 valence electrons. The topological polar surface area (TPSA) is 49.8 Å². The number of thioether (sulfide) groups is 1. The van der Waals surface area contributed by atoms with E-state index in [4.69, 9.17) is 0 Å². The van der Waals surface area contributed by atoms with Gasteiger partial charge in [0.2, 0.25) is 0 Å². The molecule has 0 saturated heterocycles. The van der Waals surface area contributed by atoms with Crippen molar-refractivity contribution in [2.45, 2.75) is 46.6 Å². The molecule has 1 aromatic heterocycles. The van der Waals surface area contributed by atoms with Crippen molar-refractivity contribution >= 4 is 23.4 Å². The van der Waals surface area contributed by atoms with E-state index in [1.54, 1.807) is 0 Å². The molecular weight excluding hydrogens is 256 g/mol. The number of rotatable bonds is 8. The highest BCUT2D eigenvalue weighted by atomic mass is 32.2. The first-order chi connectivity index (χ1) is 9.12. The van der Waals surface area contributed by atoms with Crippen LogP contribution in [0.2, 0.25) is 0 Å². The first kappa shape index (κ1) is 16.1. The fourth-order valence-corrected chi connectivity index (χ4v) is 2.62. The van der Waals surface area contributed by atoms with E-state index < -0.39 is 0 Å². The van der Waals surface area contributed by atoms with Crippen LogP contribution in [-0.2, 0) is 6.42 Å². The number of anilines is 2. The molecule has 0 spiro atoms. The van der Waals surface area contributed by atoms with Crippen molar-refractivity contribution < 1.29 is 0 Å². The smallest absolute Gasteiger partial charge is 0.134 e. The number of hydrogen-bond donors (Lipinski definition) is 2. The SMILES string of the molecule is CCSCCC(C)Nc1nc(CC)nc(NC)c1C. The summed E-state index contributed by atoms with van der Waals surface area (Å²) in [4.78, 5) is 9.08. The Morgan fingerprint density at radius 1 is 1.21 bits per heavy atom. The van der Waals surface area contributed by atoms with Gasteiger partial charge in [0, 0.05) is 25.1 Å². The minimum Gasteiger partial charge on any atom is -0.373 e. The molecule has 0 bridgehead atoms. The van der Waals surface area contributed by atoms with Gasteiger partial charge in [0.15, 0.2) is 0 Å². The summed E-state index contributed by atoms with van der Waals surface area (Å²) in [6, 6.07) is 0.432. The van der Waals surface area contributed by atoms with Gasteiger partial charge in [-0.05, 0) is 31.8 Å². The molecule has 1 unspecified atom stereocenters. The van der Waals surface area contributed by atoms with Crippen molar-refractivity contribution in [1.29, 1.82) is 0 Å². The quantitative estimate of drug-likeness (QED) is 0.716. The summed E-state index contributed by atoms with van der Waals surface area (Å²) in [5, 5.41) is 6.65. The normalized spacial score (nSPS) is 12.3. The van der Waals surface area contributed by atoms with E-state index in [9.17, 15) is 0 Å². The van der Waals surface area contributed by atoms with Crippen LogP contribution >= 0.6 is 11.8 Å². The molecule has 0 fully saturated rings. The lowest BCUT2D eigenvalue weighted by Crippen LogP contribution is -2.19. The second-order valence-electron chi connectivity index (χ2n) is 4.60. The van der Waals surface area contributed by atoms with Crippen LogP contribution in [0, 0.1) is 6.92 Å². The molecule has 19 heavy (non-hydrogen) atoms. The van der Waals surface area contributed by atoms with E-state index in [1.807, 2.05) is 18.8 Å². The second-order valence-corrected chi connectivity index (χ2v) is 5.99. The lowest BCUT2D eigenvalue weighted by molar-refractivity contribution is 0.760. The molecule has 4 nitrogen and oxygen atoms in total. The molecule has 2 N–H and O–H groups in total. The van der Waals surface area contributed by atoms with Crippen LogP contribution in [0.1, 0.15) is 38.6 Å². The van der Waals surface area contributed by atoms with Gasteiger partial charge < -0.3 is 10.6 Å². The first-order valence-corrected chi connectivity index (χ1v) is 8.17. The highest BCUT2D eigenvalue weighted by Gasteiger charge is 2.11. The fourth-order valence-electron chi connectivity index (χ4n) is 1.82. The number of hydrogen-bond acceptors (Lipinski definition) is 5. The maximum absolute atomic E-state index is 4.60. The van der Waals surface area contributed by atoms with Gasteiger partial charge in [-0.1, -0.05) is 13.8 Å². The molecule has 0 aliphatic rings. The Kier molecular flexibility index (Phi) is 6.99. The van der Waals surface area contributed by atoms with Crippen molar-refractivity contribution in [3.8, 4) is 0 Å². The van der Waals surface area contributed by atoms with Crippen molar-refractivity contribution in [1.82, 2.24) is 9.97 Å². The Hall–Kier alpha value is -0.970. The van der Waals surface area contributed by atoms with Gasteiger partial charge in [-0.2, -0.15) is 11.8 Å². The molecule has 1 aromatic rings. The van der Waals surface area contributed by atoms with Gasteiger partial charge in [0.1, 0.15) is 17.5 Å². The molecule has 1 heterocycles. The van der Waals surface area contributed by atoms with Gasteiger partial charge in [0.05, 0.1) is 0 Å². The third kappa shape index (κ3) is 4.90. The van der Waals surface area contributed by atoms with Crippen molar-refractivity contribution in [3.05, 3.63) is 11.4 Å². The summed E-state index contributed by atoms with van der Waals surface area (Å²) in [5.74, 6) is 5.14. The Bertz CT molecular complexity index is 395. The first-order valence-electron chi connectivity index (χ1n) is 7.01. The summed E-state index contributed by atoms with van der Waals surface area (Å²) < 4.78 is 0. The monoisotopic (exact) mass is 282 g/mol. The lowest BCUT2D eigenvalue weighted by atomic mass is 10.2. The van der Waals surface area contributed by atoms with E-state index in [-0.39, 0.29) is 0 Å². The van der Waals surface area contributed by atoms with E-state index in [0.717, 1.165) is 35.9 Å². The van der Waals surface area contributed by atoms with Crippen LogP contribution < -0.4 is 10.6 Å². The summed E-state index contributed by atoms with van der Waals surface area (Å²) in [7, 11) is 1.90. The Morgan fingerprint density at radius 2 is 1.89 bits per heavy atom. The Morgan fingerprint density at radius 3 is 2.47 bits per heavy atom. The van der Waals surface area contributed by atoms with Crippen LogP contribution in [-0.4, -0.2) is 34.6 Å². The molecule has 5 heteroatoms. The fraction of sp³-hybridized carbons (Fsp3) is 0.714. The average Bonchev–Trinajstić information content (AvgIpc) is 2.41. The van der Waals surface area contributed by atoms with E-state index >= 15 is 0 Å². The molecule has 0 aliphatic heterocycles. The van der Waals surface area contributed by atoms with E-state index in [1.165, 1.54) is 11.5 Å². The van der Waals surface area contributed by atoms with Crippen LogP contribution in [0.3, 0.4) is 0 Å². The van der Waals surface area contributed by atoms with Gasteiger partial charge in [-0.3, -0.25) is 0 Å². The minimum atomic E-state index is 0.432. The summed E-state index contributed by atoms with van der Waals surface area (Å²) >= 11 is 1.98. The highest BCUT2D eigenvalue weighted by molar-refractivity contribution is 7.99. The Labute approximate surface area is 121 Å². The maximum atomic E-state index is 4.60. The average molecular weight is 282 g/mol. The zero-order valence-electron chi connectivity index (χ0n) is 12.7. The summed E-state index contributed by atoms with van der Waals surface area (Å²) in [5.41, 5.74) is 1.09.